The van der Waals surface area contributed by atoms with Crippen LogP contribution in [0.15, 0.2) is 30.0 Å². The number of nitrogens with one attached hydrogen (secondary N) is 2. The van der Waals surface area contributed by atoms with Crippen LogP contribution in [0.2, 0.25) is 0 Å². The number of carbonyl (C=O) groups is 2. The fraction of sp³-hybridized carbons (Fsp3) is 0.565. The number of aliphatic carboxylic acids is 1. The molecule has 1 saturated heterocycles. The van der Waals surface area contributed by atoms with Gasteiger partial charge in [0.05, 0.1) is 0 Å². The summed E-state index contributed by atoms with van der Waals surface area (Å²) in [6.07, 6.45) is 6.87. The molecule has 2 aliphatic heterocycles. The van der Waals surface area contributed by atoms with Crippen molar-refractivity contribution in [3.63, 3.8) is 0 Å². The molecular weight excluding hydrogens is 399 g/mol. The molecule has 2 fully saturated rings. The van der Waals surface area contributed by atoms with Gasteiger partial charge in [-0.25, -0.2) is 14.0 Å². The van der Waals surface area contributed by atoms with Gasteiger partial charge < -0.3 is 25.5 Å². The van der Waals surface area contributed by atoms with Crippen LogP contribution >= 0.6 is 0 Å². The molecule has 3 N–H and O–H groups in total. The van der Waals surface area contributed by atoms with Gasteiger partial charge in [0.2, 0.25) is 0 Å². The van der Waals surface area contributed by atoms with Crippen molar-refractivity contribution in [2.24, 2.45) is 5.92 Å². The zero-order chi connectivity index (χ0) is 22.0. The summed E-state index contributed by atoms with van der Waals surface area (Å²) in [6, 6.07) is 3.87. The molecule has 0 radical (unpaired) electrons. The monoisotopic (exact) mass is 430 g/mol. The third-order valence-corrected chi connectivity index (χ3v) is 6.83. The molecule has 31 heavy (non-hydrogen) atoms. The molecule has 1 aromatic carbocycles. The summed E-state index contributed by atoms with van der Waals surface area (Å²) in [6.45, 7) is 4.10. The van der Waals surface area contributed by atoms with Crippen LogP contribution in [0.5, 0.6) is 0 Å². The Balaban J connectivity index is 1.32. The minimum atomic E-state index is -1.01. The van der Waals surface area contributed by atoms with Crippen LogP contribution in [0.25, 0.3) is 0 Å². The average Bonchev–Trinajstić information content (AvgIpc) is 3.16. The highest BCUT2D eigenvalue weighted by atomic mass is 19.1. The first-order valence-electron chi connectivity index (χ1n) is 11.2. The number of aryl methyl sites for hydroxylation is 1. The summed E-state index contributed by atoms with van der Waals surface area (Å²) in [5.74, 6) is -0.879. The first-order chi connectivity index (χ1) is 14.9. The molecule has 3 aliphatic rings. The number of piperazine rings is 1. The predicted molar refractivity (Wildman–Crippen MR) is 116 cm³/mol. The highest BCUT2D eigenvalue weighted by molar-refractivity contribution is 5.83. The number of halogens is 1. The molecule has 2 heterocycles. The Labute approximate surface area is 182 Å². The van der Waals surface area contributed by atoms with Crippen molar-refractivity contribution >= 4 is 17.7 Å². The molecule has 2 amide bonds. The Kier molecular flexibility index (Phi) is 6.34. The summed E-state index contributed by atoms with van der Waals surface area (Å²) in [7, 11) is 0. The Hall–Kier alpha value is -2.77. The number of nitrogens with zero attached hydrogens (tertiary/aromatic N) is 2. The molecule has 3 atom stereocenters. The van der Waals surface area contributed by atoms with Gasteiger partial charge in [0.25, 0.3) is 0 Å². The maximum absolute atomic E-state index is 13.4. The smallest absolute Gasteiger partial charge is 0.326 e. The normalized spacial score (nSPS) is 24.1. The molecule has 1 unspecified atom stereocenters. The van der Waals surface area contributed by atoms with E-state index < -0.39 is 12.0 Å². The van der Waals surface area contributed by atoms with Crippen LogP contribution in [-0.2, 0) is 4.79 Å². The maximum Gasteiger partial charge on any atom is 0.326 e. The van der Waals surface area contributed by atoms with Gasteiger partial charge in [-0.1, -0.05) is 12.8 Å². The van der Waals surface area contributed by atoms with E-state index in [1.54, 1.807) is 11.0 Å². The number of urea groups is 1. The fourth-order valence-electron chi connectivity index (χ4n) is 5.11. The lowest BCUT2D eigenvalue weighted by atomic mass is 9.80. The maximum atomic E-state index is 13.4. The Morgan fingerprint density at radius 2 is 1.97 bits per heavy atom. The summed E-state index contributed by atoms with van der Waals surface area (Å²) >= 11 is 0. The zero-order valence-corrected chi connectivity index (χ0v) is 17.9. The van der Waals surface area contributed by atoms with Gasteiger partial charge in [0.1, 0.15) is 11.9 Å². The van der Waals surface area contributed by atoms with Gasteiger partial charge in [0.15, 0.2) is 0 Å². The van der Waals surface area contributed by atoms with Gasteiger partial charge in [0, 0.05) is 50.2 Å². The van der Waals surface area contributed by atoms with Crippen molar-refractivity contribution < 1.29 is 19.1 Å². The Morgan fingerprint density at radius 3 is 2.68 bits per heavy atom. The third kappa shape index (κ3) is 4.78. The number of amides is 2. The molecular formula is C23H31FN4O3. The van der Waals surface area contributed by atoms with Crippen LogP contribution in [0, 0.1) is 18.7 Å². The first kappa shape index (κ1) is 21.5. The second kappa shape index (κ2) is 9.16. The Morgan fingerprint density at radius 1 is 1.23 bits per heavy atom. The number of rotatable bonds is 5. The van der Waals surface area contributed by atoms with Crippen molar-refractivity contribution in [1.82, 2.24) is 15.5 Å². The standard InChI is InChI=1S/C23H31FN4O3/c1-15-12-17(24)6-7-21(15)27-8-10-28(11-9-27)23(31)26-20(22(29)30)13-16-14-25-19-5-3-2-4-18(16)19/h6-7,12,14,18-20,25H,2-5,8-11,13H2,1H3,(H,26,31)(H,29,30)/t18?,19-,20+/m0/s1. The predicted octanol–water partition coefficient (Wildman–Crippen LogP) is 2.85. The van der Waals surface area contributed by atoms with Crippen LogP contribution in [-0.4, -0.2) is 60.3 Å². The van der Waals surface area contributed by atoms with Gasteiger partial charge in [-0.3, -0.25) is 0 Å². The molecule has 8 heteroatoms. The molecule has 1 aromatic rings. The molecule has 7 nitrogen and oxygen atoms in total. The van der Waals surface area contributed by atoms with Crippen molar-refractivity contribution in [1.29, 1.82) is 0 Å². The van der Waals surface area contributed by atoms with Crippen molar-refractivity contribution in [3.8, 4) is 0 Å². The minimum Gasteiger partial charge on any atom is -0.480 e. The number of carboxylic acids is 1. The largest absolute Gasteiger partial charge is 0.480 e. The second-order valence-corrected chi connectivity index (χ2v) is 8.83. The molecule has 4 rings (SSSR count). The Bertz CT molecular complexity index is 866. The van der Waals surface area contributed by atoms with Crippen molar-refractivity contribution in [3.05, 3.63) is 41.4 Å². The van der Waals surface area contributed by atoms with E-state index in [4.69, 9.17) is 0 Å². The quantitative estimate of drug-likeness (QED) is 0.669. The van der Waals surface area contributed by atoms with Gasteiger partial charge >= 0.3 is 12.0 Å². The van der Waals surface area contributed by atoms with E-state index in [-0.39, 0.29) is 11.8 Å². The highest BCUT2D eigenvalue weighted by Crippen LogP contribution is 2.35. The number of carboxylic acid groups (broad SMARTS) is 1. The molecule has 1 aliphatic carbocycles. The molecule has 0 spiro atoms. The van der Waals surface area contributed by atoms with Gasteiger partial charge in [-0.05, 0) is 55.3 Å². The molecule has 1 saturated carbocycles. The topological polar surface area (TPSA) is 84.9 Å². The molecule has 0 bridgehead atoms. The number of fused-ring (bicyclic) bond motifs is 1. The second-order valence-electron chi connectivity index (χ2n) is 8.83. The summed E-state index contributed by atoms with van der Waals surface area (Å²) in [4.78, 5) is 28.4. The number of hydrogen-bond donors (Lipinski definition) is 3. The van der Waals surface area contributed by atoms with E-state index in [9.17, 15) is 19.1 Å². The van der Waals surface area contributed by atoms with Crippen LogP contribution < -0.4 is 15.5 Å². The van der Waals surface area contributed by atoms with Gasteiger partial charge in [-0.2, -0.15) is 0 Å². The number of benzene rings is 1. The number of anilines is 1. The van der Waals surface area contributed by atoms with E-state index in [0.29, 0.717) is 44.6 Å². The van der Waals surface area contributed by atoms with E-state index in [1.165, 1.54) is 25.0 Å². The molecule has 168 valence electrons. The van der Waals surface area contributed by atoms with E-state index >= 15 is 0 Å². The van der Waals surface area contributed by atoms with Crippen LogP contribution in [0.4, 0.5) is 14.9 Å². The van der Waals surface area contributed by atoms with Crippen molar-refractivity contribution in [2.75, 3.05) is 31.1 Å². The van der Waals surface area contributed by atoms with Crippen LogP contribution in [0.1, 0.15) is 37.7 Å². The lowest BCUT2D eigenvalue weighted by molar-refractivity contribution is -0.139. The average molecular weight is 431 g/mol. The minimum absolute atomic E-state index is 0.258. The van der Waals surface area contributed by atoms with Crippen LogP contribution in [0.3, 0.4) is 0 Å². The van der Waals surface area contributed by atoms with Gasteiger partial charge in [-0.15, -0.1) is 0 Å². The van der Waals surface area contributed by atoms with E-state index in [0.717, 1.165) is 29.7 Å². The first-order valence-corrected chi connectivity index (χ1v) is 11.2. The van der Waals surface area contributed by atoms with E-state index in [2.05, 4.69) is 15.5 Å². The molecule has 0 aromatic heterocycles. The number of hydrogen-bond acceptors (Lipinski definition) is 4. The van der Waals surface area contributed by atoms with E-state index in [1.807, 2.05) is 13.1 Å². The van der Waals surface area contributed by atoms with Crippen molar-refractivity contribution in [2.45, 2.75) is 51.1 Å². The third-order valence-electron chi connectivity index (χ3n) is 6.83. The summed E-state index contributed by atoms with van der Waals surface area (Å²) < 4.78 is 13.4. The highest BCUT2D eigenvalue weighted by Gasteiger charge is 2.35. The fourth-order valence-corrected chi connectivity index (χ4v) is 5.11. The summed E-state index contributed by atoms with van der Waals surface area (Å²) in [5, 5.41) is 15.8. The lowest BCUT2D eigenvalue weighted by Gasteiger charge is -2.37. The SMILES string of the molecule is Cc1cc(F)ccc1N1CCN(C(=O)N[C@H](CC2=CN[C@H]3CCCCC23)C(=O)O)CC1. The lowest BCUT2D eigenvalue weighted by Crippen LogP contribution is -2.55. The zero-order valence-electron chi connectivity index (χ0n) is 17.9. The summed E-state index contributed by atoms with van der Waals surface area (Å²) in [5.41, 5.74) is 2.94. The number of carbonyl (C=O) groups excluding carboxylic acids is 1.